The smallest absolute Gasteiger partial charge is 0.200 e. The van der Waals surface area contributed by atoms with E-state index in [1.54, 1.807) is 0 Å². The van der Waals surface area contributed by atoms with Crippen LogP contribution in [0.2, 0.25) is 0 Å². The summed E-state index contributed by atoms with van der Waals surface area (Å²) in [6.45, 7) is 4.38. The number of hydrogen-bond acceptors (Lipinski definition) is 0. The van der Waals surface area contributed by atoms with E-state index >= 15 is 0 Å². The predicted octanol–water partition coefficient (Wildman–Crippen LogP) is 7.73. The Balaban J connectivity index is 2.38. The summed E-state index contributed by atoms with van der Waals surface area (Å²) in [7, 11) is 0. The Morgan fingerprint density at radius 2 is 0.588 bits per heavy atom. The topological polar surface area (TPSA) is 0 Å². The SMILES string of the molecule is CC(C)(c1ccccc1C(C)(C)c1c(F)c(F)c(F)c(F)c1F)c1c(F)c(F)c(F)c(F)c1F. The van der Waals surface area contributed by atoms with Gasteiger partial charge in [-0.1, -0.05) is 52.0 Å². The van der Waals surface area contributed by atoms with E-state index in [9.17, 15) is 43.9 Å². The van der Waals surface area contributed by atoms with Crippen LogP contribution < -0.4 is 0 Å². The summed E-state index contributed by atoms with van der Waals surface area (Å²) in [4.78, 5) is 0. The third-order valence-electron chi connectivity index (χ3n) is 5.94. The second-order valence-electron chi connectivity index (χ2n) is 8.69. The quantitative estimate of drug-likeness (QED) is 0.198. The molecule has 3 aromatic carbocycles. The lowest BCUT2D eigenvalue weighted by molar-refractivity contribution is 0.352. The molecule has 3 rings (SSSR count). The van der Waals surface area contributed by atoms with E-state index in [0.717, 1.165) is 27.7 Å². The first-order valence-corrected chi connectivity index (χ1v) is 9.72. The van der Waals surface area contributed by atoms with Gasteiger partial charge in [0.25, 0.3) is 0 Å². The van der Waals surface area contributed by atoms with Gasteiger partial charge in [0, 0.05) is 22.0 Å². The van der Waals surface area contributed by atoms with Crippen molar-refractivity contribution >= 4 is 0 Å². The lowest BCUT2D eigenvalue weighted by Crippen LogP contribution is -2.32. The van der Waals surface area contributed by atoms with E-state index in [2.05, 4.69) is 0 Å². The van der Waals surface area contributed by atoms with Crippen molar-refractivity contribution in [1.82, 2.24) is 0 Å². The van der Waals surface area contributed by atoms with Gasteiger partial charge in [-0.2, -0.15) is 0 Å². The van der Waals surface area contributed by atoms with Gasteiger partial charge in [-0.15, -0.1) is 0 Å². The molecule has 34 heavy (non-hydrogen) atoms. The molecule has 0 saturated carbocycles. The fourth-order valence-corrected chi connectivity index (χ4v) is 4.15. The third kappa shape index (κ3) is 3.54. The molecule has 0 unspecified atom stereocenters. The highest BCUT2D eigenvalue weighted by Gasteiger charge is 2.42. The fraction of sp³-hybridized carbons (Fsp3) is 0.250. The van der Waals surface area contributed by atoms with Crippen LogP contribution in [0.1, 0.15) is 49.9 Å². The predicted molar refractivity (Wildman–Crippen MR) is 103 cm³/mol. The molecule has 0 fully saturated rings. The van der Waals surface area contributed by atoms with E-state index in [0.29, 0.717) is 0 Å². The minimum atomic E-state index is -2.37. The Hall–Kier alpha value is -3.04. The molecule has 0 aliphatic rings. The average Bonchev–Trinajstić information content (AvgIpc) is 2.78. The van der Waals surface area contributed by atoms with Gasteiger partial charge in [-0.3, -0.25) is 0 Å². The van der Waals surface area contributed by atoms with Crippen molar-refractivity contribution in [3.05, 3.63) is 105 Å². The van der Waals surface area contributed by atoms with Gasteiger partial charge < -0.3 is 0 Å². The normalized spacial score (nSPS) is 12.4. The van der Waals surface area contributed by atoms with Crippen LogP contribution in [-0.4, -0.2) is 0 Å². The molecule has 182 valence electrons. The van der Waals surface area contributed by atoms with Gasteiger partial charge in [0.1, 0.15) is 0 Å². The monoisotopic (exact) mass is 494 g/mol. The van der Waals surface area contributed by atoms with Crippen LogP contribution in [0.15, 0.2) is 24.3 Å². The first-order valence-electron chi connectivity index (χ1n) is 9.72. The zero-order valence-corrected chi connectivity index (χ0v) is 18.1. The molecule has 3 aromatic rings. The molecule has 0 atom stereocenters. The Kier molecular flexibility index (Phi) is 6.26. The Bertz CT molecular complexity index is 1150. The van der Waals surface area contributed by atoms with E-state index in [4.69, 9.17) is 0 Å². The van der Waals surface area contributed by atoms with Crippen molar-refractivity contribution < 1.29 is 43.9 Å². The van der Waals surface area contributed by atoms with Crippen LogP contribution in [-0.2, 0) is 10.8 Å². The van der Waals surface area contributed by atoms with Gasteiger partial charge in [0.2, 0.25) is 11.6 Å². The highest BCUT2D eigenvalue weighted by molar-refractivity contribution is 5.50. The Morgan fingerprint density at radius 1 is 0.382 bits per heavy atom. The van der Waals surface area contributed by atoms with E-state index in [-0.39, 0.29) is 11.1 Å². The molecule has 0 spiro atoms. The molecular weight excluding hydrogens is 478 g/mol. The largest absolute Gasteiger partial charge is 0.203 e. The summed E-state index contributed by atoms with van der Waals surface area (Å²) in [5, 5.41) is 0. The fourth-order valence-electron chi connectivity index (χ4n) is 4.15. The van der Waals surface area contributed by atoms with Crippen molar-refractivity contribution in [2.75, 3.05) is 0 Å². The molecule has 10 heteroatoms. The number of halogens is 10. The lowest BCUT2D eigenvalue weighted by atomic mass is 9.68. The Morgan fingerprint density at radius 3 is 0.824 bits per heavy atom. The maximum Gasteiger partial charge on any atom is 0.200 e. The first-order chi connectivity index (χ1) is 15.6. The lowest BCUT2D eigenvalue weighted by Gasteiger charge is -2.36. The maximum atomic E-state index is 14.6. The minimum absolute atomic E-state index is 0.174. The molecule has 0 saturated heterocycles. The second kappa shape index (κ2) is 8.32. The highest BCUT2D eigenvalue weighted by atomic mass is 19.2. The molecular formula is C24H16F10. The molecule has 0 bridgehead atoms. The molecule has 0 nitrogen and oxygen atoms in total. The molecule has 0 radical (unpaired) electrons. The van der Waals surface area contributed by atoms with Crippen molar-refractivity contribution in [3.8, 4) is 0 Å². The van der Waals surface area contributed by atoms with Gasteiger partial charge in [-0.05, 0) is 11.1 Å². The maximum absolute atomic E-state index is 14.6. The molecule has 0 heterocycles. The minimum Gasteiger partial charge on any atom is -0.203 e. The van der Waals surface area contributed by atoms with Crippen LogP contribution in [0.3, 0.4) is 0 Å². The van der Waals surface area contributed by atoms with Crippen molar-refractivity contribution in [3.63, 3.8) is 0 Å². The number of benzene rings is 3. The molecule has 0 aliphatic heterocycles. The van der Waals surface area contributed by atoms with Crippen LogP contribution >= 0.6 is 0 Å². The average molecular weight is 494 g/mol. The van der Waals surface area contributed by atoms with Crippen LogP contribution in [0.25, 0.3) is 0 Å². The third-order valence-corrected chi connectivity index (χ3v) is 5.94. The van der Waals surface area contributed by atoms with E-state index in [1.807, 2.05) is 0 Å². The van der Waals surface area contributed by atoms with Crippen molar-refractivity contribution in [2.45, 2.75) is 38.5 Å². The standard InChI is InChI=1S/C24H16F10/c1-23(2,11-13(25)17(29)21(33)18(30)14(11)26)9-7-5-6-8-10(9)24(3,4)12-15(27)19(31)22(34)20(32)16(12)28/h5-8H,1-4H3. The summed E-state index contributed by atoms with van der Waals surface area (Å²) in [5.74, 6) is -22.0. The zero-order valence-electron chi connectivity index (χ0n) is 18.1. The summed E-state index contributed by atoms with van der Waals surface area (Å²) < 4.78 is 141. The van der Waals surface area contributed by atoms with Crippen LogP contribution in [0, 0.1) is 58.2 Å². The molecule has 0 amide bonds. The van der Waals surface area contributed by atoms with Gasteiger partial charge in [0.05, 0.1) is 0 Å². The summed E-state index contributed by atoms with van der Waals surface area (Å²) in [6.07, 6.45) is 0. The van der Waals surface area contributed by atoms with Crippen molar-refractivity contribution in [2.24, 2.45) is 0 Å². The zero-order chi connectivity index (χ0) is 25.9. The summed E-state index contributed by atoms with van der Waals surface area (Å²) in [5.41, 5.74) is -6.84. The highest BCUT2D eigenvalue weighted by Crippen LogP contribution is 2.45. The molecule has 0 aromatic heterocycles. The van der Waals surface area contributed by atoms with Crippen LogP contribution in [0.4, 0.5) is 43.9 Å². The summed E-state index contributed by atoms with van der Waals surface area (Å²) in [6, 6.07) is 5.03. The Labute approximate surface area is 187 Å². The van der Waals surface area contributed by atoms with E-state index < -0.39 is 80.1 Å². The molecule has 0 aliphatic carbocycles. The number of rotatable bonds is 4. The first kappa shape index (κ1) is 25.6. The van der Waals surface area contributed by atoms with Crippen molar-refractivity contribution in [1.29, 1.82) is 0 Å². The van der Waals surface area contributed by atoms with E-state index in [1.165, 1.54) is 24.3 Å². The number of hydrogen-bond donors (Lipinski definition) is 0. The summed E-state index contributed by atoms with van der Waals surface area (Å²) >= 11 is 0. The van der Waals surface area contributed by atoms with Crippen LogP contribution in [0.5, 0.6) is 0 Å². The van der Waals surface area contributed by atoms with Gasteiger partial charge in [0.15, 0.2) is 46.5 Å². The second-order valence-corrected chi connectivity index (χ2v) is 8.69. The van der Waals surface area contributed by atoms with Gasteiger partial charge in [-0.25, -0.2) is 43.9 Å². The molecule has 0 N–H and O–H groups in total. The van der Waals surface area contributed by atoms with Gasteiger partial charge >= 0.3 is 0 Å².